The molecule has 1 heterocycles. The monoisotopic (exact) mass is 83.1 g/mol. The first-order chi connectivity index (χ1) is 3.00. The molecule has 0 saturated carbocycles. The van der Waals surface area contributed by atoms with E-state index in [9.17, 15) is 0 Å². The number of rotatable bonds is 0. The Morgan fingerprint density at radius 2 is 2.67 bits per heavy atom. The lowest BCUT2D eigenvalue weighted by Gasteiger charge is -2.16. The van der Waals surface area contributed by atoms with E-state index in [0.717, 1.165) is 19.4 Å². The fraction of sp³-hybridized carbons (Fsp3) is 0.600. The molecule has 34 valence electrons. The SMILES string of the molecule is [C-]1=CCCCO1. The van der Waals surface area contributed by atoms with Crippen LogP contribution in [-0.4, -0.2) is 6.61 Å². The largest absolute Gasteiger partial charge is 0.693 e. The van der Waals surface area contributed by atoms with E-state index in [1.165, 1.54) is 0 Å². The van der Waals surface area contributed by atoms with Crippen molar-refractivity contribution in [2.75, 3.05) is 6.61 Å². The van der Waals surface area contributed by atoms with Crippen molar-refractivity contribution in [1.29, 1.82) is 0 Å². The van der Waals surface area contributed by atoms with Crippen LogP contribution in [0.2, 0.25) is 0 Å². The zero-order valence-electron chi connectivity index (χ0n) is 3.61. The van der Waals surface area contributed by atoms with Gasteiger partial charge in [-0.3, -0.25) is 0 Å². The molecule has 0 saturated heterocycles. The van der Waals surface area contributed by atoms with Crippen LogP contribution in [0.5, 0.6) is 0 Å². The van der Waals surface area contributed by atoms with E-state index in [0.29, 0.717) is 0 Å². The molecule has 0 fully saturated rings. The zero-order valence-corrected chi connectivity index (χ0v) is 3.61. The highest BCUT2D eigenvalue weighted by Gasteiger charge is 1.77. The lowest BCUT2D eigenvalue weighted by Crippen LogP contribution is -1.90. The second-order valence-electron chi connectivity index (χ2n) is 1.31. The van der Waals surface area contributed by atoms with Crippen molar-refractivity contribution in [3.05, 3.63) is 12.3 Å². The van der Waals surface area contributed by atoms with Crippen LogP contribution in [-0.2, 0) is 4.74 Å². The molecule has 1 rings (SSSR count). The van der Waals surface area contributed by atoms with Crippen LogP contribution in [0.1, 0.15) is 12.8 Å². The van der Waals surface area contributed by atoms with Crippen LogP contribution in [0.3, 0.4) is 0 Å². The van der Waals surface area contributed by atoms with Gasteiger partial charge in [0.05, 0.1) is 0 Å². The number of ether oxygens (including phenoxy) is 1. The summed E-state index contributed by atoms with van der Waals surface area (Å²) in [4.78, 5) is 0. The van der Waals surface area contributed by atoms with E-state index in [4.69, 9.17) is 4.74 Å². The predicted molar refractivity (Wildman–Crippen MR) is 23.0 cm³/mol. The molecule has 0 aromatic rings. The first-order valence-electron chi connectivity index (χ1n) is 2.19. The number of allylic oxidation sites excluding steroid dienone is 1. The van der Waals surface area contributed by atoms with Crippen molar-refractivity contribution in [2.45, 2.75) is 12.8 Å². The van der Waals surface area contributed by atoms with Gasteiger partial charge in [-0.25, -0.2) is 6.08 Å². The van der Waals surface area contributed by atoms with Crippen LogP contribution in [0.4, 0.5) is 0 Å². The quantitative estimate of drug-likeness (QED) is 0.399. The van der Waals surface area contributed by atoms with Gasteiger partial charge in [0, 0.05) is 6.61 Å². The average molecular weight is 83.1 g/mol. The molecule has 1 heteroatoms. The Labute approximate surface area is 37.6 Å². The predicted octanol–water partition coefficient (Wildman–Crippen LogP) is 1.11. The van der Waals surface area contributed by atoms with Gasteiger partial charge in [0.25, 0.3) is 0 Å². The molecule has 0 unspecified atom stereocenters. The van der Waals surface area contributed by atoms with Gasteiger partial charge in [-0.15, -0.1) is 0 Å². The van der Waals surface area contributed by atoms with E-state index >= 15 is 0 Å². The van der Waals surface area contributed by atoms with Crippen LogP contribution in [0.15, 0.2) is 6.08 Å². The number of hydrogen-bond donors (Lipinski definition) is 0. The Balaban J connectivity index is 2.26. The molecule has 0 aromatic carbocycles. The summed E-state index contributed by atoms with van der Waals surface area (Å²) in [6.07, 6.45) is 6.88. The maximum Gasteiger partial charge on any atom is 0.0455 e. The van der Waals surface area contributed by atoms with Crippen LogP contribution < -0.4 is 0 Å². The molecule has 1 nitrogen and oxygen atoms in total. The summed E-state index contributed by atoms with van der Waals surface area (Å²) in [5.74, 6) is 0. The van der Waals surface area contributed by atoms with Crippen molar-refractivity contribution in [3.8, 4) is 0 Å². The summed E-state index contributed by atoms with van der Waals surface area (Å²) in [6, 6.07) is 0. The highest BCUT2D eigenvalue weighted by atomic mass is 16.5. The lowest BCUT2D eigenvalue weighted by atomic mass is 10.3. The fourth-order valence-corrected chi connectivity index (χ4v) is 0.434. The molecule has 0 amide bonds. The molecule has 0 aromatic heterocycles. The van der Waals surface area contributed by atoms with Gasteiger partial charge in [-0.05, 0) is 6.42 Å². The smallest absolute Gasteiger partial charge is 0.0455 e. The standard InChI is InChI=1S/C5H7O/c1-2-4-6-5-3-1/h2H,1,3,5H2/q-1. The summed E-state index contributed by atoms with van der Waals surface area (Å²) in [5, 5.41) is 0. The highest BCUT2D eigenvalue weighted by Crippen LogP contribution is 1.97. The first kappa shape index (κ1) is 3.72. The fourth-order valence-electron chi connectivity index (χ4n) is 0.434. The highest BCUT2D eigenvalue weighted by molar-refractivity contribution is 4.70. The molecule has 0 spiro atoms. The molecule has 0 N–H and O–H groups in total. The summed E-state index contributed by atoms with van der Waals surface area (Å²) >= 11 is 0. The summed E-state index contributed by atoms with van der Waals surface area (Å²) in [5.41, 5.74) is 0. The van der Waals surface area contributed by atoms with E-state index in [2.05, 4.69) is 6.26 Å². The topological polar surface area (TPSA) is 9.23 Å². The average Bonchev–Trinajstić information content (AvgIpc) is 1.72. The molecular formula is C5H7O-. The Hall–Kier alpha value is -0.460. The zero-order chi connectivity index (χ0) is 4.24. The minimum absolute atomic E-state index is 0.858. The van der Waals surface area contributed by atoms with E-state index in [1.54, 1.807) is 0 Å². The van der Waals surface area contributed by atoms with Crippen LogP contribution in [0.25, 0.3) is 0 Å². The molecule has 0 aliphatic carbocycles. The van der Waals surface area contributed by atoms with E-state index in [1.807, 2.05) is 6.08 Å². The molecule has 6 heavy (non-hydrogen) atoms. The lowest BCUT2D eigenvalue weighted by molar-refractivity contribution is 0.210. The van der Waals surface area contributed by atoms with Crippen molar-refractivity contribution >= 4 is 0 Å². The Kier molecular flexibility index (Phi) is 1.15. The molecule has 1 aliphatic rings. The third-order valence-corrected chi connectivity index (χ3v) is 0.762. The first-order valence-corrected chi connectivity index (χ1v) is 2.19. The summed E-state index contributed by atoms with van der Waals surface area (Å²) < 4.78 is 4.76. The maximum absolute atomic E-state index is 4.76. The minimum atomic E-state index is 0.858. The van der Waals surface area contributed by atoms with Crippen molar-refractivity contribution in [3.63, 3.8) is 0 Å². The van der Waals surface area contributed by atoms with E-state index in [-0.39, 0.29) is 0 Å². The normalized spacial score (nSPS) is 20.0. The van der Waals surface area contributed by atoms with Crippen LogP contribution >= 0.6 is 0 Å². The van der Waals surface area contributed by atoms with Gasteiger partial charge in [0.1, 0.15) is 0 Å². The van der Waals surface area contributed by atoms with Crippen molar-refractivity contribution in [2.24, 2.45) is 0 Å². The Bertz CT molecular complexity index is 49.0. The molecule has 1 aliphatic heterocycles. The van der Waals surface area contributed by atoms with Gasteiger partial charge in [0.2, 0.25) is 0 Å². The van der Waals surface area contributed by atoms with Gasteiger partial charge in [0.15, 0.2) is 0 Å². The summed E-state index contributed by atoms with van der Waals surface area (Å²) in [6.45, 7) is 0.858. The molecule has 0 atom stereocenters. The third kappa shape index (κ3) is 0.744. The second-order valence-corrected chi connectivity index (χ2v) is 1.31. The second kappa shape index (κ2) is 1.85. The maximum atomic E-state index is 4.76. The Morgan fingerprint density at radius 1 is 1.67 bits per heavy atom. The Morgan fingerprint density at radius 3 is 2.83 bits per heavy atom. The van der Waals surface area contributed by atoms with Crippen LogP contribution in [0, 0.1) is 6.26 Å². The van der Waals surface area contributed by atoms with Gasteiger partial charge in [-0.2, -0.15) is 0 Å². The van der Waals surface area contributed by atoms with Gasteiger partial charge < -0.3 is 11.0 Å². The van der Waals surface area contributed by atoms with E-state index < -0.39 is 0 Å². The molecule has 0 radical (unpaired) electrons. The minimum Gasteiger partial charge on any atom is -0.693 e. The molecular weight excluding hydrogens is 76.1 g/mol. The number of hydrogen-bond acceptors (Lipinski definition) is 1. The van der Waals surface area contributed by atoms with Crippen molar-refractivity contribution in [1.82, 2.24) is 0 Å². The van der Waals surface area contributed by atoms with Gasteiger partial charge in [-0.1, -0.05) is 6.42 Å². The molecule has 0 bridgehead atoms. The van der Waals surface area contributed by atoms with Gasteiger partial charge >= 0.3 is 0 Å². The summed E-state index contributed by atoms with van der Waals surface area (Å²) in [7, 11) is 0. The third-order valence-electron chi connectivity index (χ3n) is 0.762. The van der Waals surface area contributed by atoms with Crippen molar-refractivity contribution < 1.29 is 4.74 Å².